The van der Waals surface area contributed by atoms with Gasteiger partial charge in [0, 0.05) is 13.0 Å². The van der Waals surface area contributed by atoms with Gasteiger partial charge in [-0.25, -0.2) is 0 Å². The lowest BCUT2D eigenvalue weighted by atomic mass is 10.1. The van der Waals surface area contributed by atoms with E-state index in [1.54, 1.807) is 6.07 Å². The van der Waals surface area contributed by atoms with Crippen LogP contribution in [0.2, 0.25) is 25.7 Å². The molecule has 0 aliphatic rings. The van der Waals surface area contributed by atoms with E-state index in [0.717, 1.165) is 28.7 Å². The van der Waals surface area contributed by atoms with E-state index < -0.39 is 19.8 Å². The maximum Gasteiger partial charge on any atom is 0.416 e. The van der Waals surface area contributed by atoms with E-state index in [1.807, 2.05) is 6.92 Å². The summed E-state index contributed by atoms with van der Waals surface area (Å²) in [6.45, 7) is 8.81. The van der Waals surface area contributed by atoms with Crippen molar-refractivity contribution < 1.29 is 13.2 Å². The molecule has 1 rings (SSSR count). The van der Waals surface area contributed by atoms with Gasteiger partial charge in [0.2, 0.25) is 0 Å². The number of thioether (sulfide) groups is 1. The van der Waals surface area contributed by atoms with Crippen LogP contribution in [0, 0.1) is 0 Å². The summed E-state index contributed by atoms with van der Waals surface area (Å²) in [6.07, 6.45) is -3.36. The Labute approximate surface area is 118 Å². The molecule has 0 radical (unpaired) electrons. The summed E-state index contributed by atoms with van der Waals surface area (Å²) >= 11 is 1.50. The van der Waals surface area contributed by atoms with Crippen LogP contribution in [0.5, 0.6) is 0 Å². The normalized spacial score (nSPS) is 12.8. The van der Waals surface area contributed by atoms with Crippen molar-refractivity contribution in [1.29, 1.82) is 0 Å². The van der Waals surface area contributed by atoms with E-state index in [0.29, 0.717) is 0 Å². The van der Waals surface area contributed by atoms with Crippen molar-refractivity contribution in [3.63, 3.8) is 0 Å². The summed E-state index contributed by atoms with van der Waals surface area (Å²) in [5.41, 5.74) is 0.516. The Morgan fingerprint density at radius 3 is 2.26 bits per heavy atom. The molecule has 0 heterocycles. The first-order chi connectivity index (χ1) is 8.63. The molecule has 5 heteroatoms. The molecule has 1 aromatic carbocycles. The molecular weight excluding hydrogens is 285 g/mol. The molecular formula is C14H21F3SSi. The van der Waals surface area contributed by atoms with Crippen LogP contribution in [-0.4, -0.2) is 13.8 Å². The molecule has 0 spiro atoms. The minimum absolute atomic E-state index is 0.541. The van der Waals surface area contributed by atoms with Crippen LogP contribution in [0.4, 0.5) is 13.2 Å². The summed E-state index contributed by atoms with van der Waals surface area (Å²) in [4.78, 5) is 0.788. The second-order valence-electron chi connectivity index (χ2n) is 5.81. The van der Waals surface area contributed by atoms with Crippen molar-refractivity contribution in [2.24, 2.45) is 0 Å². The van der Waals surface area contributed by atoms with Crippen LogP contribution in [0.25, 0.3) is 0 Å². The van der Waals surface area contributed by atoms with Crippen LogP contribution < -0.4 is 0 Å². The van der Waals surface area contributed by atoms with Gasteiger partial charge in [0.05, 0.1) is 5.56 Å². The van der Waals surface area contributed by atoms with Crippen molar-refractivity contribution >= 4 is 19.8 Å². The number of aryl methyl sites for hydroxylation is 1. The van der Waals surface area contributed by atoms with Crippen LogP contribution in [-0.2, 0) is 12.6 Å². The number of hydrogen-bond acceptors (Lipinski definition) is 1. The number of alkyl halides is 3. The average Bonchev–Trinajstić information content (AvgIpc) is 2.25. The first-order valence-corrected chi connectivity index (χ1v) is 11.2. The molecule has 0 aliphatic carbocycles. The minimum atomic E-state index is -4.25. The average molecular weight is 306 g/mol. The molecule has 1 aromatic rings. The molecule has 0 nitrogen and oxygen atoms in total. The minimum Gasteiger partial charge on any atom is -0.166 e. The van der Waals surface area contributed by atoms with Crippen LogP contribution >= 0.6 is 11.8 Å². The van der Waals surface area contributed by atoms with Crippen molar-refractivity contribution in [2.45, 2.75) is 50.1 Å². The molecule has 0 N–H and O–H groups in total. The summed E-state index contributed by atoms with van der Waals surface area (Å²) in [6, 6.07) is 5.27. The van der Waals surface area contributed by atoms with Crippen molar-refractivity contribution in [2.75, 3.05) is 5.75 Å². The number of rotatable bonds is 5. The van der Waals surface area contributed by atoms with E-state index in [9.17, 15) is 13.2 Å². The van der Waals surface area contributed by atoms with Crippen molar-refractivity contribution in [1.82, 2.24) is 0 Å². The SMILES string of the molecule is CCSc1cc(C(F)(F)F)ccc1CC[Si](C)(C)C. The van der Waals surface area contributed by atoms with E-state index >= 15 is 0 Å². The van der Waals surface area contributed by atoms with Gasteiger partial charge in [-0.05, 0) is 29.9 Å². The van der Waals surface area contributed by atoms with Crippen LogP contribution in [0.3, 0.4) is 0 Å². The van der Waals surface area contributed by atoms with Crippen molar-refractivity contribution in [3.8, 4) is 0 Å². The number of benzene rings is 1. The van der Waals surface area contributed by atoms with Crippen LogP contribution in [0.15, 0.2) is 23.1 Å². The first-order valence-electron chi connectivity index (χ1n) is 6.46. The van der Waals surface area contributed by atoms with E-state index in [2.05, 4.69) is 19.6 Å². The van der Waals surface area contributed by atoms with Crippen LogP contribution in [0.1, 0.15) is 18.1 Å². The molecule has 108 valence electrons. The molecule has 0 unspecified atom stereocenters. The molecule has 19 heavy (non-hydrogen) atoms. The van der Waals surface area contributed by atoms with Gasteiger partial charge in [-0.2, -0.15) is 13.2 Å². The van der Waals surface area contributed by atoms with Gasteiger partial charge in [-0.15, -0.1) is 11.8 Å². The topological polar surface area (TPSA) is 0 Å². The Morgan fingerprint density at radius 2 is 1.79 bits per heavy atom. The largest absolute Gasteiger partial charge is 0.416 e. The Kier molecular flexibility index (Phi) is 5.56. The van der Waals surface area contributed by atoms with E-state index in [-0.39, 0.29) is 0 Å². The maximum absolute atomic E-state index is 12.7. The highest BCUT2D eigenvalue weighted by Crippen LogP contribution is 2.34. The molecule has 0 amide bonds. The zero-order valence-corrected chi connectivity index (χ0v) is 13.7. The third-order valence-electron chi connectivity index (χ3n) is 2.84. The molecule has 0 fully saturated rings. The highest BCUT2D eigenvalue weighted by atomic mass is 32.2. The Bertz CT molecular complexity index is 422. The van der Waals surface area contributed by atoms with Gasteiger partial charge in [0.15, 0.2) is 0 Å². The molecule has 0 aromatic heterocycles. The molecule has 0 saturated heterocycles. The maximum atomic E-state index is 12.7. The highest BCUT2D eigenvalue weighted by molar-refractivity contribution is 7.99. The van der Waals surface area contributed by atoms with Crippen molar-refractivity contribution in [3.05, 3.63) is 29.3 Å². The molecule has 0 saturated carbocycles. The fourth-order valence-corrected chi connectivity index (χ4v) is 3.63. The quantitative estimate of drug-likeness (QED) is 0.497. The molecule has 0 aliphatic heterocycles. The molecule has 0 bridgehead atoms. The smallest absolute Gasteiger partial charge is 0.166 e. The zero-order chi connectivity index (χ0) is 14.7. The second-order valence-corrected chi connectivity index (χ2v) is 12.7. The summed E-state index contributed by atoms with van der Waals surface area (Å²) in [5, 5.41) is 0. The summed E-state index contributed by atoms with van der Waals surface area (Å²) in [5.74, 6) is 0.793. The van der Waals surface area contributed by atoms with E-state index in [1.165, 1.54) is 23.9 Å². The Balaban J connectivity index is 2.98. The summed E-state index contributed by atoms with van der Waals surface area (Å²) < 4.78 is 38.1. The lowest BCUT2D eigenvalue weighted by Gasteiger charge is -2.18. The number of hydrogen-bond donors (Lipinski definition) is 0. The standard InChI is InChI=1S/C14H21F3SSi/c1-5-18-13-10-12(14(15,16)17)7-6-11(13)8-9-19(2,3)4/h6-7,10H,5,8-9H2,1-4H3. The number of halogens is 3. The lowest BCUT2D eigenvalue weighted by molar-refractivity contribution is -0.137. The van der Waals surface area contributed by atoms with E-state index in [4.69, 9.17) is 0 Å². The Hall–Kier alpha value is -0.423. The third-order valence-corrected chi connectivity index (χ3v) is 5.57. The van der Waals surface area contributed by atoms with Gasteiger partial charge in [-0.3, -0.25) is 0 Å². The fraction of sp³-hybridized carbons (Fsp3) is 0.571. The predicted octanol–water partition coefficient (Wildman–Crippen LogP) is 5.70. The first kappa shape index (κ1) is 16.6. The van der Waals surface area contributed by atoms with Gasteiger partial charge in [-0.1, -0.05) is 38.7 Å². The van der Waals surface area contributed by atoms with Gasteiger partial charge in [0.1, 0.15) is 0 Å². The fourth-order valence-electron chi connectivity index (χ4n) is 1.74. The van der Waals surface area contributed by atoms with Gasteiger partial charge >= 0.3 is 6.18 Å². The summed E-state index contributed by atoms with van der Waals surface area (Å²) in [7, 11) is -1.17. The lowest BCUT2D eigenvalue weighted by Crippen LogP contribution is -2.20. The van der Waals surface area contributed by atoms with Gasteiger partial charge < -0.3 is 0 Å². The van der Waals surface area contributed by atoms with Gasteiger partial charge in [0.25, 0.3) is 0 Å². The zero-order valence-electron chi connectivity index (χ0n) is 11.9. The predicted molar refractivity (Wildman–Crippen MR) is 79.7 cm³/mol. The Morgan fingerprint density at radius 1 is 1.16 bits per heavy atom. The second kappa shape index (κ2) is 6.35. The third kappa shape index (κ3) is 5.61. The molecule has 0 atom stereocenters. The highest BCUT2D eigenvalue weighted by Gasteiger charge is 2.31. The monoisotopic (exact) mass is 306 g/mol.